The molecule has 0 unspecified atom stereocenters. The predicted octanol–water partition coefficient (Wildman–Crippen LogP) is 1.78. The molecule has 25 heavy (non-hydrogen) atoms. The Morgan fingerprint density at radius 2 is 1.88 bits per heavy atom. The minimum Gasteiger partial charge on any atom is -0.379 e. The van der Waals surface area contributed by atoms with Crippen LogP contribution in [0.2, 0.25) is 0 Å². The lowest BCUT2D eigenvalue weighted by molar-refractivity contribution is 0.0398. The number of carbonyl (C=O) groups is 1. The van der Waals surface area contributed by atoms with Gasteiger partial charge in [0.05, 0.1) is 13.2 Å². The normalized spacial score (nSPS) is 14.9. The van der Waals surface area contributed by atoms with Crippen molar-refractivity contribution < 1.29 is 9.53 Å². The van der Waals surface area contributed by atoms with Crippen LogP contribution in [0.3, 0.4) is 0 Å². The van der Waals surface area contributed by atoms with Gasteiger partial charge in [-0.15, -0.1) is 10.2 Å². The molecule has 0 saturated carbocycles. The molecule has 132 valence electrons. The minimum absolute atomic E-state index is 0.267. The smallest absolute Gasteiger partial charge is 0.276 e. The molecule has 2 N–H and O–H groups in total. The molecule has 1 saturated heterocycles. The Labute approximate surface area is 147 Å². The van der Waals surface area contributed by atoms with Gasteiger partial charge in [0.1, 0.15) is 5.82 Å². The number of hydrogen-bond acceptors (Lipinski definition) is 6. The van der Waals surface area contributed by atoms with Crippen LogP contribution in [0.25, 0.3) is 0 Å². The average molecular weight is 341 g/mol. The number of aryl methyl sites for hydroxylation is 1. The highest BCUT2D eigenvalue weighted by Gasteiger charge is 2.10. The molecule has 1 aliphatic heterocycles. The summed E-state index contributed by atoms with van der Waals surface area (Å²) in [5.41, 5.74) is 2.18. The third kappa shape index (κ3) is 5.23. The summed E-state index contributed by atoms with van der Waals surface area (Å²) < 4.78 is 5.33. The zero-order chi connectivity index (χ0) is 17.5. The molecule has 3 rings (SSSR count). The van der Waals surface area contributed by atoms with E-state index in [-0.39, 0.29) is 5.91 Å². The number of benzene rings is 1. The molecule has 0 aliphatic carbocycles. The van der Waals surface area contributed by atoms with E-state index >= 15 is 0 Å². The summed E-state index contributed by atoms with van der Waals surface area (Å²) in [5.74, 6) is 0.399. The number of nitrogens with zero attached hydrogens (tertiary/aromatic N) is 3. The van der Waals surface area contributed by atoms with Crippen LogP contribution in [0.15, 0.2) is 36.4 Å². The van der Waals surface area contributed by atoms with Crippen molar-refractivity contribution in [2.24, 2.45) is 0 Å². The van der Waals surface area contributed by atoms with Crippen LogP contribution >= 0.6 is 0 Å². The fraction of sp³-hybridized carbons (Fsp3) is 0.389. The second-order valence-electron chi connectivity index (χ2n) is 6.00. The van der Waals surface area contributed by atoms with Crippen LogP contribution in [-0.2, 0) is 4.74 Å². The molecule has 1 fully saturated rings. The maximum Gasteiger partial charge on any atom is 0.276 e. The topological polar surface area (TPSA) is 79.4 Å². The van der Waals surface area contributed by atoms with E-state index in [0.717, 1.165) is 50.6 Å². The van der Waals surface area contributed by atoms with Gasteiger partial charge in [0.2, 0.25) is 0 Å². The summed E-state index contributed by atoms with van der Waals surface area (Å²) in [7, 11) is 0. The zero-order valence-electron chi connectivity index (χ0n) is 14.4. The Morgan fingerprint density at radius 3 is 2.56 bits per heavy atom. The van der Waals surface area contributed by atoms with E-state index in [1.54, 1.807) is 12.1 Å². The quantitative estimate of drug-likeness (QED) is 0.834. The summed E-state index contributed by atoms with van der Waals surface area (Å²) in [6, 6.07) is 11.1. The number of morpholine rings is 1. The second kappa shape index (κ2) is 8.55. The lowest BCUT2D eigenvalue weighted by Gasteiger charge is -2.26. The molecule has 1 amide bonds. The number of carbonyl (C=O) groups excluding carboxylic acids is 1. The van der Waals surface area contributed by atoms with Gasteiger partial charge in [-0.3, -0.25) is 9.69 Å². The van der Waals surface area contributed by atoms with Gasteiger partial charge in [-0.2, -0.15) is 0 Å². The number of rotatable bonds is 6. The predicted molar refractivity (Wildman–Crippen MR) is 96.9 cm³/mol. The van der Waals surface area contributed by atoms with Crippen molar-refractivity contribution in [3.8, 4) is 0 Å². The minimum atomic E-state index is -0.267. The number of ether oxygens (including phenoxy) is 1. The molecule has 2 aromatic rings. The van der Waals surface area contributed by atoms with E-state index in [4.69, 9.17) is 4.74 Å². The lowest BCUT2D eigenvalue weighted by Crippen LogP contribution is -2.39. The molecule has 0 spiro atoms. The lowest BCUT2D eigenvalue weighted by atomic mass is 10.2. The molecule has 7 heteroatoms. The van der Waals surface area contributed by atoms with Gasteiger partial charge in [-0.25, -0.2) is 0 Å². The van der Waals surface area contributed by atoms with Crippen molar-refractivity contribution in [1.29, 1.82) is 0 Å². The summed E-state index contributed by atoms with van der Waals surface area (Å²) >= 11 is 0. The van der Waals surface area contributed by atoms with Crippen LogP contribution in [-0.4, -0.2) is 60.4 Å². The molecule has 0 atom stereocenters. The van der Waals surface area contributed by atoms with Crippen molar-refractivity contribution in [2.75, 3.05) is 50.0 Å². The molecule has 1 aliphatic rings. The van der Waals surface area contributed by atoms with Gasteiger partial charge in [0.25, 0.3) is 5.91 Å². The molecule has 0 radical (unpaired) electrons. The SMILES string of the molecule is Cc1ccc(NC(=O)c2ccc(NCCN3CCOCC3)nn2)cc1. The van der Waals surface area contributed by atoms with Gasteiger partial charge in [0.15, 0.2) is 5.69 Å². The van der Waals surface area contributed by atoms with E-state index in [9.17, 15) is 4.79 Å². The first kappa shape index (κ1) is 17.3. The Hall–Kier alpha value is -2.51. The van der Waals surface area contributed by atoms with Crippen LogP contribution in [0.5, 0.6) is 0 Å². The van der Waals surface area contributed by atoms with E-state index in [1.165, 1.54) is 0 Å². The van der Waals surface area contributed by atoms with E-state index in [1.807, 2.05) is 31.2 Å². The van der Waals surface area contributed by atoms with E-state index in [2.05, 4.69) is 25.7 Å². The fourth-order valence-electron chi connectivity index (χ4n) is 2.55. The summed E-state index contributed by atoms with van der Waals surface area (Å²) in [4.78, 5) is 14.5. The first-order chi connectivity index (χ1) is 12.2. The molecule has 7 nitrogen and oxygen atoms in total. The number of hydrogen-bond donors (Lipinski definition) is 2. The molecule has 2 heterocycles. The first-order valence-corrected chi connectivity index (χ1v) is 8.46. The summed E-state index contributed by atoms with van der Waals surface area (Å²) in [6.45, 7) is 7.23. The standard InChI is InChI=1S/C18H23N5O2/c1-14-2-4-15(5-3-14)20-18(24)16-6-7-17(22-21-16)19-8-9-23-10-12-25-13-11-23/h2-7H,8-13H2,1H3,(H,19,22)(H,20,24). The van der Waals surface area contributed by atoms with E-state index in [0.29, 0.717) is 11.5 Å². The fourth-order valence-corrected chi connectivity index (χ4v) is 2.55. The van der Waals surface area contributed by atoms with E-state index < -0.39 is 0 Å². The van der Waals surface area contributed by atoms with Crippen molar-refractivity contribution >= 4 is 17.4 Å². The largest absolute Gasteiger partial charge is 0.379 e. The van der Waals surface area contributed by atoms with Gasteiger partial charge >= 0.3 is 0 Å². The van der Waals surface area contributed by atoms with Crippen LogP contribution in [0, 0.1) is 6.92 Å². The van der Waals surface area contributed by atoms with Gasteiger partial charge in [-0.05, 0) is 31.2 Å². The first-order valence-electron chi connectivity index (χ1n) is 8.46. The number of anilines is 2. The maximum absolute atomic E-state index is 12.2. The monoisotopic (exact) mass is 341 g/mol. The number of amides is 1. The maximum atomic E-state index is 12.2. The molecular formula is C18H23N5O2. The van der Waals surface area contributed by atoms with Crippen LogP contribution < -0.4 is 10.6 Å². The van der Waals surface area contributed by atoms with Crippen LogP contribution in [0.1, 0.15) is 16.1 Å². The van der Waals surface area contributed by atoms with Gasteiger partial charge in [-0.1, -0.05) is 17.7 Å². The highest BCUT2D eigenvalue weighted by Crippen LogP contribution is 2.10. The third-order valence-corrected chi connectivity index (χ3v) is 4.04. The van der Waals surface area contributed by atoms with Gasteiger partial charge < -0.3 is 15.4 Å². The highest BCUT2D eigenvalue weighted by molar-refractivity contribution is 6.02. The molecule has 0 bridgehead atoms. The van der Waals surface area contributed by atoms with Crippen LogP contribution in [0.4, 0.5) is 11.5 Å². The Morgan fingerprint density at radius 1 is 1.12 bits per heavy atom. The van der Waals surface area contributed by atoms with Gasteiger partial charge in [0, 0.05) is 31.9 Å². The zero-order valence-corrected chi connectivity index (χ0v) is 14.4. The number of aromatic nitrogens is 2. The Kier molecular flexibility index (Phi) is 5.92. The molecular weight excluding hydrogens is 318 g/mol. The van der Waals surface area contributed by atoms with Crippen molar-refractivity contribution in [3.63, 3.8) is 0 Å². The molecule has 1 aromatic heterocycles. The summed E-state index contributed by atoms with van der Waals surface area (Å²) in [5, 5.41) is 14.1. The Bertz CT molecular complexity index is 682. The Balaban J connectivity index is 1.47. The van der Waals surface area contributed by atoms with Crippen molar-refractivity contribution in [1.82, 2.24) is 15.1 Å². The van der Waals surface area contributed by atoms with Crippen molar-refractivity contribution in [2.45, 2.75) is 6.92 Å². The highest BCUT2D eigenvalue weighted by atomic mass is 16.5. The third-order valence-electron chi connectivity index (χ3n) is 4.04. The van der Waals surface area contributed by atoms with Crippen molar-refractivity contribution in [3.05, 3.63) is 47.7 Å². The molecule has 1 aromatic carbocycles. The average Bonchev–Trinajstić information content (AvgIpc) is 2.65. The summed E-state index contributed by atoms with van der Waals surface area (Å²) in [6.07, 6.45) is 0. The second-order valence-corrected chi connectivity index (χ2v) is 6.00. The number of nitrogens with one attached hydrogen (secondary N) is 2.